The quantitative estimate of drug-likeness (QED) is 0.674. The molecular weight excluding hydrogens is 367 g/mol. The first kappa shape index (κ1) is 16.8. The topological polar surface area (TPSA) is 59.7 Å². The van der Waals surface area contributed by atoms with E-state index in [2.05, 4.69) is 20.8 Å². The summed E-state index contributed by atoms with van der Waals surface area (Å²) < 4.78 is 3.42. The lowest BCUT2D eigenvalue weighted by Crippen LogP contribution is -2.20. The molecule has 124 valence electrons. The van der Waals surface area contributed by atoms with Crippen molar-refractivity contribution in [3.63, 3.8) is 0 Å². The Kier molecular flexibility index (Phi) is 5.03. The summed E-state index contributed by atoms with van der Waals surface area (Å²) in [5.41, 5.74) is 0.824. The highest BCUT2D eigenvalue weighted by Crippen LogP contribution is 2.25. The minimum absolute atomic E-state index is 0.412. The van der Waals surface area contributed by atoms with Gasteiger partial charge in [-0.2, -0.15) is 10.2 Å². The molecule has 0 amide bonds. The monoisotopic (exact) mass is 380 g/mol. The van der Waals surface area contributed by atoms with Crippen LogP contribution in [0.4, 0.5) is 11.6 Å². The molecule has 0 aliphatic carbocycles. The summed E-state index contributed by atoms with van der Waals surface area (Å²) in [6, 6.07) is 9.06. The molecule has 2 N–H and O–H groups in total. The lowest BCUT2D eigenvalue weighted by atomic mass is 10.2. The molecule has 0 saturated heterocycles. The smallest absolute Gasteiger partial charge is 0.177 e. The van der Waals surface area contributed by atoms with Crippen LogP contribution in [0.15, 0.2) is 42.7 Å². The number of hydrogen-bond acceptors (Lipinski definition) is 3. The lowest BCUT2D eigenvalue weighted by Gasteiger charge is -2.07. The van der Waals surface area contributed by atoms with Crippen molar-refractivity contribution in [2.24, 2.45) is 7.05 Å². The third-order valence-corrected chi connectivity index (χ3v) is 4.13. The van der Waals surface area contributed by atoms with Crippen LogP contribution in [0.2, 0.25) is 10.0 Å². The molecule has 0 aliphatic heterocycles. The standard InChI is InChI=1S/C15H14Cl2N6S/c1-22-7-5-13(20-22)18-15(24)19-14-6-8-23(21-14)9-10-11(16)3-2-4-12(10)17/h2-8H,9H2,1H3,(H2,18,19,20,21,24). The third kappa shape index (κ3) is 4.05. The van der Waals surface area contributed by atoms with E-state index < -0.39 is 0 Å². The number of aryl methyl sites for hydroxylation is 1. The Bertz CT molecular complexity index is 852. The maximum atomic E-state index is 6.18. The van der Waals surface area contributed by atoms with Crippen LogP contribution < -0.4 is 10.6 Å². The zero-order valence-corrected chi connectivity index (χ0v) is 15.0. The van der Waals surface area contributed by atoms with E-state index in [1.165, 1.54) is 0 Å². The van der Waals surface area contributed by atoms with Gasteiger partial charge >= 0.3 is 0 Å². The van der Waals surface area contributed by atoms with Gasteiger partial charge in [0.05, 0.1) is 6.54 Å². The average Bonchev–Trinajstić information content (AvgIpc) is 3.12. The van der Waals surface area contributed by atoms with Gasteiger partial charge in [-0.05, 0) is 24.4 Å². The number of hydrogen-bond donors (Lipinski definition) is 2. The number of rotatable bonds is 4. The van der Waals surface area contributed by atoms with Crippen LogP contribution in [0.5, 0.6) is 0 Å². The zero-order chi connectivity index (χ0) is 17.1. The van der Waals surface area contributed by atoms with Gasteiger partial charge in [0.25, 0.3) is 0 Å². The summed E-state index contributed by atoms with van der Waals surface area (Å²) in [5.74, 6) is 1.28. The van der Waals surface area contributed by atoms with Gasteiger partial charge in [-0.3, -0.25) is 9.36 Å². The molecule has 0 fully saturated rings. The summed E-state index contributed by atoms with van der Waals surface area (Å²) in [6.07, 6.45) is 3.65. The number of nitrogens with one attached hydrogen (secondary N) is 2. The molecule has 0 saturated carbocycles. The maximum absolute atomic E-state index is 6.18. The molecule has 0 bridgehead atoms. The fourth-order valence-electron chi connectivity index (χ4n) is 2.11. The van der Waals surface area contributed by atoms with E-state index in [0.29, 0.717) is 33.3 Å². The van der Waals surface area contributed by atoms with Crippen LogP contribution in [0.25, 0.3) is 0 Å². The van der Waals surface area contributed by atoms with E-state index in [0.717, 1.165) is 5.56 Å². The van der Waals surface area contributed by atoms with Crippen LogP contribution >= 0.6 is 35.4 Å². The van der Waals surface area contributed by atoms with Gasteiger partial charge in [-0.15, -0.1) is 0 Å². The van der Waals surface area contributed by atoms with Crippen LogP contribution in [0.3, 0.4) is 0 Å². The summed E-state index contributed by atoms with van der Waals surface area (Å²) in [5, 5.41) is 16.2. The van der Waals surface area contributed by atoms with E-state index in [-0.39, 0.29) is 0 Å². The lowest BCUT2D eigenvalue weighted by molar-refractivity contribution is 0.690. The van der Waals surface area contributed by atoms with Crippen molar-refractivity contribution in [3.8, 4) is 0 Å². The van der Waals surface area contributed by atoms with Gasteiger partial charge in [0.1, 0.15) is 0 Å². The van der Waals surface area contributed by atoms with Gasteiger partial charge in [-0.1, -0.05) is 29.3 Å². The Morgan fingerprint density at radius 2 is 1.67 bits per heavy atom. The first-order valence-corrected chi connectivity index (χ1v) is 8.21. The largest absolute Gasteiger partial charge is 0.316 e. The molecule has 2 heterocycles. The van der Waals surface area contributed by atoms with Gasteiger partial charge in [0.2, 0.25) is 0 Å². The molecule has 0 aliphatic rings. The number of nitrogens with zero attached hydrogens (tertiary/aromatic N) is 4. The Morgan fingerprint density at radius 1 is 1.04 bits per heavy atom. The summed E-state index contributed by atoms with van der Waals surface area (Å²) in [6.45, 7) is 0.473. The molecule has 24 heavy (non-hydrogen) atoms. The van der Waals surface area contributed by atoms with Crippen LogP contribution in [0.1, 0.15) is 5.56 Å². The number of halogens is 2. The highest BCUT2D eigenvalue weighted by atomic mass is 35.5. The molecular formula is C15H14Cl2N6S. The predicted octanol–water partition coefficient (Wildman–Crippen LogP) is 3.78. The zero-order valence-electron chi connectivity index (χ0n) is 12.7. The van der Waals surface area contributed by atoms with Crippen molar-refractivity contribution in [3.05, 3.63) is 58.3 Å². The van der Waals surface area contributed by atoms with Gasteiger partial charge in [-0.25, -0.2) is 0 Å². The molecule has 1 aromatic carbocycles. The predicted molar refractivity (Wildman–Crippen MR) is 101 cm³/mol. The fraction of sp³-hybridized carbons (Fsp3) is 0.133. The van der Waals surface area contributed by atoms with E-state index in [1.807, 2.05) is 37.6 Å². The molecule has 9 heteroatoms. The van der Waals surface area contributed by atoms with E-state index in [4.69, 9.17) is 35.4 Å². The molecule has 0 radical (unpaired) electrons. The van der Waals surface area contributed by atoms with Gasteiger partial charge in [0.15, 0.2) is 16.7 Å². The number of thiocarbonyl (C=S) groups is 1. The minimum Gasteiger partial charge on any atom is -0.316 e. The van der Waals surface area contributed by atoms with Crippen LogP contribution in [0, 0.1) is 0 Å². The Balaban J connectivity index is 1.64. The number of benzene rings is 1. The Hall–Kier alpha value is -2.09. The Morgan fingerprint density at radius 3 is 2.29 bits per heavy atom. The fourth-order valence-corrected chi connectivity index (χ4v) is 2.83. The number of anilines is 2. The maximum Gasteiger partial charge on any atom is 0.177 e. The first-order valence-electron chi connectivity index (χ1n) is 7.05. The summed E-state index contributed by atoms with van der Waals surface area (Å²) >= 11 is 17.6. The van der Waals surface area contributed by atoms with Crippen molar-refractivity contribution < 1.29 is 0 Å². The molecule has 3 aromatic rings. The molecule has 0 unspecified atom stereocenters. The van der Waals surface area contributed by atoms with E-state index in [9.17, 15) is 0 Å². The highest BCUT2D eigenvalue weighted by molar-refractivity contribution is 7.80. The van der Waals surface area contributed by atoms with Crippen molar-refractivity contribution in [1.82, 2.24) is 19.6 Å². The molecule has 6 nitrogen and oxygen atoms in total. The first-order chi connectivity index (χ1) is 11.5. The summed E-state index contributed by atoms with van der Waals surface area (Å²) in [7, 11) is 1.84. The third-order valence-electron chi connectivity index (χ3n) is 3.22. The van der Waals surface area contributed by atoms with Crippen molar-refractivity contribution in [2.45, 2.75) is 6.54 Å². The van der Waals surface area contributed by atoms with Crippen LogP contribution in [-0.2, 0) is 13.6 Å². The molecule has 0 spiro atoms. The summed E-state index contributed by atoms with van der Waals surface area (Å²) in [4.78, 5) is 0. The second-order valence-corrected chi connectivity index (χ2v) is 6.28. The second kappa shape index (κ2) is 7.21. The van der Waals surface area contributed by atoms with E-state index >= 15 is 0 Å². The van der Waals surface area contributed by atoms with Gasteiger partial charge < -0.3 is 10.6 Å². The number of aromatic nitrogens is 4. The second-order valence-electron chi connectivity index (χ2n) is 5.05. The average molecular weight is 381 g/mol. The van der Waals surface area contributed by atoms with E-state index in [1.54, 1.807) is 21.5 Å². The van der Waals surface area contributed by atoms with Gasteiger partial charge in [0, 0.05) is 47.2 Å². The van der Waals surface area contributed by atoms with Crippen molar-refractivity contribution in [1.29, 1.82) is 0 Å². The SMILES string of the molecule is Cn1ccc(NC(=S)Nc2ccn(Cc3c(Cl)cccc3Cl)n2)n1. The normalized spacial score (nSPS) is 10.6. The Labute approximate surface area is 154 Å². The molecule has 0 atom stereocenters. The van der Waals surface area contributed by atoms with Crippen molar-refractivity contribution >= 4 is 52.2 Å². The minimum atomic E-state index is 0.412. The van der Waals surface area contributed by atoms with Crippen molar-refractivity contribution in [2.75, 3.05) is 10.6 Å². The molecule has 3 rings (SSSR count). The highest BCUT2D eigenvalue weighted by Gasteiger charge is 2.08. The molecule has 2 aromatic heterocycles. The van der Waals surface area contributed by atoms with Crippen LogP contribution in [-0.4, -0.2) is 24.7 Å².